The molecule has 0 aliphatic heterocycles. The predicted octanol–water partition coefficient (Wildman–Crippen LogP) is 4.27. The van der Waals surface area contributed by atoms with Crippen molar-refractivity contribution in [2.24, 2.45) is 17.8 Å². The van der Waals surface area contributed by atoms with Gasteiger partial charge in [0.2, 0.25) is 0 Å². The van der Waals surface area contributed by atoms with Crippen molar-refractivity contribution in [1.29, 1.82) is 0 Å². The molecule has 1 saturated carbocycles. The second-order valence-corrected chi connectivity index (χ2v) is 6.48. The summed E-state index contributed by atoms with van der Waals surface area (Å²) in [4.78, 5) is 0. The van der Waals surface area contributed by atoms with Crippen LogP contribution in [-0.4, -0.2) is 5.11 Å². The molecule has 0 bridgehead atoms. The van der Waals surface area contributed by atoms with Gasteiger partial charge >= 0.3 is 0 Å². The molecule has 0 heterocycles. The van der Waals surface area contributed by atoms with E-state index in [0.717, 1.165) is 18.4 Å². The molecule has 1 fully saturated rings. The van der Waals surface area contributed by atoms with Gasteiger partial charge in [-0.2, -0.15) is 0 Å². The average molecular weight is 246 g/mol. The van der Waals surface area contributed by atoms with Crippen molar-refractivity contribution in [3.63, 3.8) is 0 Å². The Bertz CT molecular complexity index is 410. The largest absolute Gasteiger partial charge is 0.385 e. The van der Waals surface area contributed by atoms with Crippen LogP contribution in [0.1, 0.15) is 51.2 Å². The number of hydrogen-bond donors (Lipinski definition) is 1. The summed E-state index contributed by atoms with van der Waals surface area (Å²) in [7, 11) is 0. The van der Waals surface area contributed by atoms with Crippen LogP contribution in [0.15, 0.2) is 24.3 Å². The van der Waals surface area contributed by atoms with Gasteiger partial charge in [-0.15, -0.1) is 0 Å². The van der Waals surface area contributed by atoms with Crippen molar-refractivity contribution in [2.75, 3.05) is 0 Å². The summed E-state index contributed by atoms with van der Waals surface area (Å²) in [5.74, 6) is 1.53. The van der Waals surface area contributed by atoms with Crippen molar-refractivity contribution in [3.05, 3.63) is 35.4 Å². The quantitative estimate of drug-likeness (QED) is 0.826. The lowest BCUT2D eigenvalue weighted by molar-refractivity contribution is -0.0869. The van der Waals surface area contributed by atoms with Crippen LogP contribution in [0.3, 0.4) is 0 Å². The molecule has 0 radical (unpaired) electrons. The van der Waals surface area contributed by atoms with Gasteiger partial charge in [-0.3, -0.25) is 0 Å². The first-order valence-electron chi connectivity index (χ1n) is 7.23. The molecule has 1 aliphatic rings. The van der Waals surface area contributed by atoms with Gasteiger partial charge in [-0.25, -0.2) is 0 Å². The van der Waals surface area contributed by atoms with Crippen LogP contribution in [0.2, 0.25) is 0 Å². The van der Waals surface area contributed by atoms with Gasteiger partial charge in [0.15, 0.2) is 0 Å². The molecule has 0 aromatic heterocycles. The van der Waals surface area contributed by atoms with E-state index in [1.807, 2.05) is 0 Å². The summed E-state index contributed by atoms with van der Waals surface area (Å²) < 4.78 is 0. The number of aliphatic hydroxyl groups is 1. The highest BCUT2D eigenvalue weighted by Gasteiger charge is 2.44. The van der Waals surface area contributed by atoms with Crippen molar-refractivity contribution in [1.82, 2.24) is 0 Å². The molecule has 0 saturated heterocycles. The minimum absolute atomic E-state index is 0.384. The first kappa shape index (κ1) is 13.6. The zero-order valence-electron chi connectivity index (χ0n) is 12.1. The number of hydrogen-bond acceptors (Lipinski definition) is 1. The topological polar surface area (TPSA) is 20.2 Å². The van der Waals surface area contributed by atoms with Gasteiger partial charge in [0, 0.05) is 0 Å². The maximum Gasteiger partial charge on any atom is 0.0932 e. The minimum atomic E-state index is -0.628. The molecule has 1 aromatic rings. The van der Waals surface area contributed by atoms with E-state index >= 15 is 0 Å². The number of rotatable bonds is 2. The SMILES string of the molecule is Cc1ccccc1C1(O)CC(C)CCC1C(C)C. The molecule has 1 aromatic carbocycles. The Hall–Kier alpha value is -0.820. The molecule has 0 spiro atoms. The first-order chi connectivity index (χ1) is 8.45. The minimum Gasteiger partial charge on any atom is -0.385 e. The fourth-order valence-electron chi connectivity index (χ4n) is 3.74. The van der Waals surface area contributed by atoms with Crippen LogP contribution in [0.5, 0.6) is 0 Å². The molecule has 1 heteroatoms. The maximum absolute atomic E-state index is 11.3. The lowest BCUT2D eigenvalue weighted by atomic mass is 9.64. The first-order valence-corrected chi connectivity index (χ1v) is 7.23. The van der Waals surface area contributed by atoms with Crippen LogP contribution in [-0.2, 0) is 5.60 Å². The third-order valence-electron chi connectivity index (χ3n) is 4.66. The lowest BCUT2D eigenvalue weighted by Gasteiger charge is -2.45. The number of benzene rings is 1. The van der Waals surface area contributed by atoms with E-state index in [1.54, 1.807) is 0 Å². The maximum atomic E-state index is 11.3. The summed E-state index contributed by atoms with van der Waals surface area (Å²) >= 11 is 0. The Morgan fingerprint density at radius 2 is 1.89 bits per heavy atom. The van der Waals surface area contributed by atoms with Crippen LogP contribution >= 0.6 is 0 Å². The van der Waals surface area contributed by atoms with E-state index in [1.165, 1.54) is 12.0 Å². The van der Waals surface area contributed by atoms with Crippen LogP contribution < -0.4 is 0 Å². The Balaban J connectivity index is 2.44. The Labute approximate surface area is 111 Å². The van der Waals surface area contributed by atoms with Crippen molar-refractivity contribution >= 4 is 0 Å². The van der Waals surface area contributed by atoms with E-state index in [2.05, 4.69) is 52.0 Å². The average Bonchev–Trinajstić information content (AvgIpc) is 2.28. The Morgan fingerprint density at radius 3 is 2.50 bits per heavy atom. The summed E-state index contributed by atoms with van der Waals surface area (Å²) in [6.07, 6.45) is 3.29. The molecule has 3 atom stereocenters. The summed E-state index contributed by atoms with van der Waals surface area (Å²) in [6.45, 7) is 8.86. The molecule has 1 N–H and O–H groups in total. The number of aryl methyl sites for hydroxylation is 1. The van der Waals surface area contributed by atoms with E-state index in [-0.39, 0.29) is 0 Å². The second kappa shape index (κ2) is 5.05. The van der Waals surface area contributed by atoms with E-state index in [9.17, 15) is 5.11 Å². The fraction of sp³-hybridized carbons (Fsp3) is 0.647. The molecule has 1 aliphatic carbocycles. The molecule has 1 nitrogen and oxygen atoms in total. The molecule has 0 amide bonds. The van der Waals surface area contributed by atoms with Crippen LogP contribution in [0.25, 0.3) is 0 Å². The third kappa shape index (κ3) is 2.33. The highest BCUT2D eigenvalue weighted by Crippen LogP contribution is 2.47. The molecule has 100 valence electrons. The predicted molar refractivity (Wildman–Crippen MR) is 76.4 cm³/mol. The van der Waals surface area contributed by atoms with Crippen LogP contribution in [0, 0.1) is 24.7 Å². The molecule has 2 rings (SSSR count). The zero-order valence-corrected chi connectivity index (χ0v) is 12.1. The molecule has 18 heavy (non-hydrogen) atoms. The van der Waals surface area contributed by atoms with Crippen molar-refractivity contribution < 1.29 is 5.11 Å². The highest BCUT2D eigenvalue weighted by atomic mass is 16.3. The summed E-state index contributed by atoms with van der Waals surface area (Å²) in [6, 6.07) is 8.34. The van der Waals surface area contributed by atoms with E-state index in [0.29, 0.717) is 17.8 Å². The molecular formula is C17H26O. The second-order valence-electron chi connectivity index (χ2n) is 6.48. The lowest BCUT2D eigenvalue weighted by Crippen LogP contribution is -2.43. The Kier molecular flexibility index (Phi) is 3.82. The smallest absolute Gasteiger partial charge is 0.0932 e. The highest BCUT2D eigenvalue weighted by molar-refractivity contribution is 5.32. The van der Waals surface area contributed by atoms with Crippen LogP contribution in [0.4, 0.5) is 0 Å². The van der Waals surface area contributed by atoms with Gasteiger partial charge in [0.05, 0.1) is 5.60 Å². The van der Waals surface area contributed by atoms with Crippen molar-refractivity contribution in [2.45, 2.75) is 52.6 Å². The van der Waals surface area contributed by atoms with Gasteiger partial charge in [0.1, 0.15) is 0 Å². The third-order valence-corrected chi connectivity index (χ3v) is 4.66. The fourth-order valence-corrected chi connectivity index (χ4v) is 3.74. The van der Waals surface area contributed by atoms with Gasteiger partial charge in [-0.05, 0) is 48.6 Å². The summed E-state index contributed by atoms with van der Waals surface area (Å²) in [5.41, 5.74) is 1.74. The summed E-state index contributed by atoms with van der Waals surface area (Å²) in [5, 5.41) is 11.3. The van der Waals surface area contributed by atoms with E-state index < -0.39 is 5.60 Å². The normalized spacial score (nSPS) is 32.8. The molecular weight excluding hydrogens is 220 g/mol. The monoisotopic (exact) mass is 246 g/mol. The van der Waals surface area contributed by atoms with Crippen molar-refractivity contribution in [3.8, 4) is 0 Å². The van der Waals surface area contributed by atoms with Gasteiger partial charge in [-0.1, -0.05) is 51.5 Å². The van der Waals surface area contributed by atoms with E-state index in [4.69, 9.17) is 0 Å². The van der Waals surface area contributed by atoms with Gasteiger partial charge < -0.3 is 5.11 Å². The Morgan fingerprint density at radius 1 is 1.22 bits per heavy atom. The van der Waals surface area contributed by atoms with Gasteiger partial charge in [0.25, 0.3) is 0 Å². The molecule has 3 unspecified atom stereocenters. The zero-order chi connectivity index (χ0) is 13.3. The standard InChI is InChI=1S/C17H26O/c1-12(2)15-10-9-13(3)11-17(15,18)16-8-6-5-7-14(16)4/h5-8,12-13,15,18H,9-11H2,1-4H3.